The molecule has 1 aromatic carbocycles. The van der Waals surface area contributed by atoms with E-state index in [9.17, 15) is 0 Å². The molecule has 0 bridgehead atoms. The molecule has 2 aromatic rings. The highest BCUT2D eigenvalue weighted by Gasteiger charge is 2.02. The minimum atomic E-state index is 0.829. The summed E-state index contributed by atoms with van der Waals surface area (Å²) in [6.07, 6.45) is 18.9. The number of hydrogen-bond donors (Lipinski definition) is 0. The summed E-state index contributed by atoms with van der Waals surface area (Å²) in [5, 5.41) is 0. The Morgan fingerprint density at radius 3 is 2.12 bits per heavy atom. The largest absolute Gasteiger partial charge is 0.236 e. The van der Waals surface area contributed by atoms with Gasteiger partial charge in [0.15, 0.2) is 5.82 Å². The quantitative estimate of drug-likeness (QED) is 0.408. The van der Waals surface area contributed by atoms with Gasteiger partial charge in [0.1, 0.15) is 0 Å². The summed E-state index contributed by atoms with van der Waals surface area (Å²) < 4.78 is 0. The second-order valence-electron chi connectivity index (χ2n) is 6.91. The van der Waals surface area contributed by atoms with Gasteiger partial charge in [-0.25, -0.2) is 9.97 Å². The van der Waals surface area contributed by atoms with Crippen LogP contribution in [0.15, 0.2) is 36.7 Å². The zero-order chi connectivity index (χ0) is 17.7. The average Bonchev–Trinajstić information content (AvgIpc) is 2.66. The summed E-state index contributed by atoms with van der Waals surface area (Å²) >= 11 is 0. The molecule has 135 valence electrons. The maximum atomic E-state index is 4.56. The minimum Gasteiger partial charge on any atom is -0.236 e. The molecule has 0 spiro atoms. The van der Waals surface area contributed by atoms with Gasteiger partial charge in [0.2, 0.25) is 0 Å². The monoisotopic (exact) mass is 337 g/mol. The molecule has 1 aromatic heterocycles. The molecule has 25 heavy (non-hydrogen) atoms. The van der Waals surface area contributed by atoms with E-state index < -0.39 is 0 Å². The zero-order valence-electron chi connectivity index (χ0n) is 16.0. The normalized spacial score (nSPS) is 11.0. The van der Waals surface area contributed by atoms with Crippen molar-refractivity contribution in [3.05, 3.63) is 54.2 Å². The molecule has 1 heterocycles. The van der Waals surface area contributed by atoms with E-state index in [0.29, 0.717) is 0 Å². The molecular formula is C23H33N2. The fourth-order valence-electron chi connectivity index (χ4n) is 3.01. The smallest absolute Gasteiger partial charge is 0.159 e. The third kappa shape index (κ3) is 7.37. The molecule has 2 heteroatoms. The van der Waals surface area contributed by atoms with Gasteiger partial charge < -0.3 is 0 Å². The van der Waals surface area contributed by atoms with E-state index in [1.165, 1.54) is 62.5 Å². The standard InChI is InChI=1S/C23H33N2/c1-3-5-7-8-9-11-13-21-18-24-23(25-19-21)22-16-14-20(15-17-22)12-10-6-4-2/h10,14-19H,3-9,11-13H2,1-2H3. The second kappa shape index (κ2) is 11.8. The van der Waals surface area contributed by atoms with Crippen LogP contribution in [0.1, 0.15) is 76.3 Å². The van der Waals surface area contributed by atoms with E-state index in [0.717, 1.165) is 24.2 Å². The molecular weight excluding hydrogens is 304 g/mol. The predicted molar refractivity (Wildman–Crippen MR) is 107 cm³/mol. The topological polar surface area (TPSA) is 25.8 Å². The first-order valence-corrected chi connectivity index (χ1v) is 10.1. The number of rotatable bonds is 12. The average molecular weight is 338 g/mol. The van der Waals surface area contributed by atoms with Crippen molar-refractivity contribution in [3.8, 4) is 11.4 Å². The summed E-state index contributed by atoms with van der Waals surface area (Å²) in [6.45, 7) is 4.48. The molecule has 0 aliphatic carbocycles. The maximum absolute atomic E-state index is 4.56. The maximum Gasteiger partial charge on any atom is 0.159 e. The lowest BCUT2D eigenvalue weighted by molar-refractivity contribution is 0.607. The molecule has 0 aliphatic heterocycles. The van der Waals surface area contributed by atoms with Gasteiger partial charge in [-0.1, -0.05) is 83.1 Å². The first kappa shape index (κ1) is 19.6. The molecule has 0 N–H and O–H groups in total. The molecule has 0 unspecified atom stereocenters. The number of aromatic nitrogens is 2. The van der Waals surface area contributed by atoms with Crippen LogP contribution in [0.25, 0.3) is 11.4 Å². The lowest BCUT2D eigenvalue weighted by Crippen LogP contribution is -1.94. The third-order valence-corrected chi connectivity index (χ3v) is 4.61. The van der Waals surface area contributed by atoms with Crippen molar-refractivity contribution in [2.24, 2.45) is 0 Å². The highest BCUT2D eigenvalue weighted by molar-refractivity contribution is 5.55. The Labute approximate surface area is 154 Å². The van der Waals surface area contributed by atoms with E-state index in [1.54, 1.807) is 0 Å². The summed E-state index contributed by atoms with van der Waals surface area (Å²) in [5.41, 5.74) is 3.72. The summed E-state index contributed by atoms with van der Waals surface area (Å²) in [6, 6.07) is 8.65. The Hall–Kier alpha value is -1.70. The molecule has 0 amide bonds. The van der Waals surface area contributed by atoms with Gasteiger partial charge in [-0.15, -0.1) is 0 Å². The zero-order valence-corrected chi connectivity index (χ0v) is 16.0. The van der Waals surface area contributed by atoms with Gasteiger partial charge in [0, 0.05) is 18.0 Å². The van der Waals surface area contributed by atoms with Crippen molar-refractivity contribution in [1.29, 1.82) is 0 Å². The first-order chi connectivity index (χ1) is 12.3. The molecule has 0 fully saturated rings. The van der Waals surface area contributed by atoms with Crippen LogP contribution in [0.2, 0.25) is 0 Å². The fraction of sp³-hybridized carbons (Fsp3) is 0.522. The SMILES string of the molecule is CCC[CH]Cc1ccc(-c2ncc(CCCCCCCC)cn2)cc1. The number of hydrogen-bond acceptors (Lipinski definition) is 2. The Bertz CT molecular complexity index is 572. The Kier molecular flexibility index (Phi) is 9.25. The van der Waals surface area contributed by atoms with Gasteiger partial charge in [0.25, 0.3) is 0 Å². The summed E-state index contributed by atoms with van der Waals surface area (Å²) in [4.78, 5) is 9.13. The van der Waals surface area contributed by atoms with Gasteiger partial charge >= 0.3 is 0 Å². The van der Waals surface area contributed by atoms with Gasteiger partial charge in [-0.2, -0.15) is 0 Å². The molecule has 1 radical (unpaired) electrons. The first-order valence-electron chi connectivity index (χ1n) is 10.1. The van der Waals surface area contributed by atoms with E-state index in [2.05, 4.69) is 54.5 Å². The predicted octanol–water partition coefficient (Wildman–Crippen LogP) is 6.59. The Balaban J connectivity index is 1.79. The Morgan fingerprint density at radius 1 is 0.760 bits per heavy atom. The van der Waals surface area contributed by atoms with Crippen LogP contribution in [0, 0.1) is 6.42 Å². The number of benzene rings is 1. The van der Waals surface area contributed by atoms with Crippen LogP contribution in [0.4, 0.5) is 0 Å². The van der Waals surface area contributed by atoms with Crippen molar-refractivity contribution in [3.63, 3.8) is 0 Å². The molecule has 0 aliphatic rings. The number of unbranched alkanes of at least 4 members (excludes halogenated alkanes) is 7. The van der Waals surface area contributed by atoms with E-state index >= 15 is 0 Å². The van der Waals surface area contributed by atoms with E-state index in [4.69, 9.17) is 0 Å². The van der Waals surface area contributed by atoms with Crippen molar-refractivity contribution < 1.29 is 0 Å². The summed E-state index contributed by atoms with van der Waals surface area (Å²) in [7, 11) is 0. The van der Waals surface area contributed by atoms with Crippen molar-refractivity contribution in [1.82, 2.24) is 9.97 Å². The second-order valence-corrected chi connectivity index (χ2v) is 6.91. The molecule has 2 rings (SSSR count). The Morgan fingerprint density at radius 2 is 1.44 bits per heavy atom. The van der Waals surface area contributed by atoms with E-state index in [-0.39, 0.29) is 0 Å². The number of nitrogens with zero attached hydrogens (tertiary/aromatic N) is 2. The number of aryl methyl sites for hydroxylation is 1. The van der Waals surface area contributed by atoms with Crippen molar-refractivity contribution >= 4 is 0 Å². The lowest BCUT2D eigenvalue weighted by atomic mass is 10.0. The van der Waals surface area contributed by atoms with Crippen LogP contribution in [0.3, 0.4) is 0 Å². The highest BCUT2D eigenvalue weighted by Crippen LogP contribution is 2.17. The molecule has 0 saturated heterocycles. The summed E-state index contributed by atoms with van der Waals surface area (Å²) in [5.74, 6) is 0.829. The fourth-order valence-corrected chi connectivity index (χ4v) is 3.01. The molecule has 0 saturated carbocycles. The van der Waals surface area contributed by atoms with Gasteiger partial charge in [-0.3, -0.25) is 0 Å². The van der Waals surface area contributed by atoms with Gasteiger partial charge in [0.05, 0.1) is 0 Å². The van der Waals surface area contributed by atoms with Crippen molar-refractivity contribution in [2.75, 3.05) is 0 Å². The van der Waals surface area contributed by atoms with Crippen LogP contribution >= 0.6 is 0 Å². The highest BCUT2D eigenvalue weighted by atomic mass is 14.9. The van der Waals surface area contributed by atoms with Crippen LogP contribution in [-0.2, 0) is 12.8 Å². The molecule has 2 nitrogen and oxygen atoms in total. The lowest BCUT2D eigenvalue weighted by Gasteiger charge is -2.05. The van der Waals surface area contributed by atoms with Crippen LogP contribution in [0.5, 0.6) is 0 Å². The molecule has 0 atom stereocenters. The minimum absolute atomic E-state index is 0.829. The van der Waals surface area contributed by atoms with E-state index in [1.807, 2.05) is 12.4 Å². The van der Waals surface area contributed by atoms with Gasteiger partial charge in [-0.05, 0) is 36.8 Å². The van der Waals surface area contributed by atoms with Crippen LogP contribution in [-0.4, -0.2) is 9.97 Å². The van der Waals surface area contributed by atoms with Crippen molar-refractivity contribution in [2.45, 2.75) is 78.1 Å². The van der Waals surface area contributed by atoms with Crippen LogP contribution < -0.4 is 0 Å². The third-order valence-electron chi connectivity index (χ3n) is 4.61.